The van der Waals surface area contributed by atoms with Crippen LogP contribution in [-0.4, -0.2) is 38.9 Å². The van der Waals surface area contributed by atoms with E-state index in [-0.39, 0.29) is 16.2 Å². The molecule has 0 radical (unpaired) electrons. The second kappa shape index (κ2) is 8.53. The van der Waals surface area contributed by atoms with Crippen molar-refractivity contribution in [2.45, 2.75) is 18.7 Å². The van der Waals surface area contributed by atoms with Gasteiger partial charge >= 0.3 is 5.97 Å². The first-order valence-electron chi connectivity index (χ1n) is 7.99. The Labute approximate surface area is 158 Å². The van der Waals surface area contributed by atoms with Crippen molar-refractivity contribution in [3.05, 3.63) is 53.1 Å². The minimum absolute atomic E-state index is 0.0748. The van der Waals surface area contributed by atoms with Crippen LogP contribution in [0.2, 0.25) is 5.02 Å². The summed E-state index contributed by atoms with van der Waals surface area (Å²) in [5, 5.41) is 0.516. The molecule has 140 valence electrons. The van der Waals surface area contributed by atoms with Crippen LogP contribution in [0.25, 0.3) is 0 Å². The van der Waals surface area contributed by atoms with Gasteiger partial charge in [0.25, 0.3) is 0 Å². The minimum atomic E-state index is -3.80. The molecule has 0 amide bonds. The van der Waals surface area contributed by atoms with E-state index in [1.165, 1.54) is 29.6 Å². The maximum absolute atomic E-state index is 12.8. The third-order valence-electron chi connectivity index (χ3n) is 3.75. The second-order valence-electron chi connectivity index (χ2n) is 5.30. The van der Waals surface area contributed by atoms with Crippen LogP contribution < -0.4 is 9.47 Å². The molecule has 2 aromatic carbocycles. The average Bonchev–Trinajstić information content (AvgIpc) is 2.63. The number of benzene rings is 2. The molecular weight excluding hydrogens is 378 g/mol. The summed E-state index contributed by atoms with van der Waals surface area (Å²) in [6, 6.07) is 10.5. The van der Waals surface area contributed by atoms with E-state index in [1.54, 1.807) is 38.1 Å². The van der Waals surface area contributed by atoms with E-state index >= 15 is 0 Å². The molecule has 0 aliphatic carbocycles. The molecule has 0 unspecified atom stereocenters. The summed E-state index contributed by atoms with van der Waals surface area (Å²) in [6.45, 7) is 4.10. The first-order valence-corrected chi connectivity index (χ1v) is 9.81. The SMILES string of the molecule is CCN(CC)S(=O)(=O)c1cc(C(=O)Oc2ccc(Cl)cc2)ccc1OC. The highest BCUT2D eigenvalue weighted by atomic mass is 35.5. The van der Waals surface area contributed by atoms with Crippen LogP contribution in [0.3, 0.4) is 0 Å². The third kappa shape index (κ3) is 4.35. The van der Waals surface area contributed by atoms with Crippen molar-refractivity contribution in [2.24, 2.45) is 0 Å². The predicted octanol–water partition coefficient (Wildman–Crippen LogP) is 3.60. The summed E-state index contributed by atoms with van der Waals surface area (Å²) in [6.07, 6.45) is 0. The van der Waals surface area contributed by atoms with Gasteiger partial charge in [0.15, 0.2) is 0 Å². The topological polar surface area (TPSA) is 72.9 Å². The summed E-state index contributed by atoms with van der Waals surface area (Å²) in [4.78, 5) is 12.3. The zero-order valence-corrected chi connectivity index (χ0v) is 16.3. The Morgan fingerprint density at radius 2 is 1.69 bits per heavy atom. The molecule has 8 heteroatoms. The van der Waals surface area contributed by atoms with Gasteiger partial charge < -0.3 is 9.47 Å². The Morgan fingerprint density at radius 1 is 1.08 bits per heavy atom. The molecule has 0 aliphatic rings. The molecule has 0 bridgehead atoms. The second-order valence-corrected chi connectivity index (χ2v) is 7.64. The van der Waals surface area contributed by atoms with Crippen molar-refractivity contribution in [3.63, 3.8) is 0 Å². The first kappa shape index (κ1) is 20.2. The molecule has 26 heavy (non-hydrogen) atoms. The summed E-state index contributed by atoms with van der Waals surface area (Å²) in [5.41, 5.74) is 0.103. The van der Waals surface area contributed by atoms with Crippen molar-refractivity contribution in [2.75, 3.05) is 20.2 Å². The summed E-state index contributed by atoms with van der Waals surface area (Å²) in [7, 11) is -2.42. The van der Waals surface area contributed by atoms with Crippen molar-refractivity contribution in [1.82, 2.24) is 4.31 Å². The van der Waals surface area contributed by atoms with Gasteiger partial charge in [-0.3, -0.25) is 0 Å². The largest absolute Gasteiger partial charge is 0.495 e. The third-order valence-corrected chi connectivity index (χ3v) is 6.07. The predicted molar refractivity (Wildman–Crippen MR) is 99.5 cm³/mol. The summed E-state index contributed by atoms with van der Waals surface area (Å²) in [5.74, 6) is -0.200. The fourth-order valence-electron chi connectivity index (χ4n) is 2.38. The van der Waals surface area contributed by atoms with E-state index in [9.17, 15) is 13.2 Å². The number of ether oxygens (including phenoxy) is 2. The first-order chi connectivity index (χ1) is 12.3. The molecule has 0 saturated heterocycles. The number of nitrogens with zero attached hydrogens (tertiary/aromatic N) is 1. The van der Waals surface area contributed by atoms with Gasteiger partial charge in [0.2, 0.25) is 10.0 Å². The van der Waals surface area contributed by atoms with E-state index < -0.39 is 16.0 Å². The van der Waals surface area contributed by atoms with Crippen LogP contribution in [0.5, 0.6) is 11.5 Å². The summed E-state index contributed by atoms with van der Waals surface area (Å²) < 4.78 is 37.4. The summed E-state index contributed by atoms with van der Waals surface area (Å²) >= 11 is 5.80. The van der Waals surface area contributed by atoms with Crippen molar-refractivity contribution >= 4 is 27.6 Å². The lowest BCUT2D eigenvalue weighted by atomic mass is 10.2. The van der Waals surface area contributed by atoms with Gasteiger partial charge in [0, 0.05) is 18.1 Å². The molecule has 0 N–H and O–H groups in total. The maximum atomic E-state index is 12.8. The number of carbonyl (C=O) groups is 1. The van der Waals surface area contributed by atoms with E-state index in [0.29, 0.717) is 23.9 Å². The lowest BCUT2D eigenvalue weighted by Crippen LogP contribution is -2.31. The van der Waals surface area contributed by atoms with Gasteiger partial charge in [-0.2, -0.15) is 4.31 Å². The smallest absolute Gasteiger partial charge is 0.343 e. The minimum Gasteiger partial charge on any atom is -0.495 e. The van der Waals surface area contributed by atoms with Crippen LogP contribution in [0.4, 0.5) is 0 Å². The molecule has 0 aliphatic heterocycles. The van der Waals surface area contributed by atoms with Crippen LogP contribution in [0, 0.1) is 0 Å². The van der Waals surface area contributed by atoms with E-state index in [1.807, 2.05) is 0 Å². The average molecular weight is 398 g/mol. The fraction of sp³-hybridized carbons (Fsp3) is 0.278. The lowest BCUT2D eigenvalue weighted by Gasteiger charge is -2.20. The molecule has 0 spiro atoms. The molecular formula is C18H20ClNO5S. The number of halogens is 1. The molecule has 2 aromatic rings. The number of hydrogen-bond acceptors (Lipinski definition) is 5. The quantitative estimate of drug-likeness (QED) is 0.527. The number of methoxy groups -OCH3 is 1. The van der Waals surface area contributed by atoms with E-state index in [4.69, 9.17) is 21.1 Å². The number of rotatable bonds is 7. The molecule has 0 heterocycles. The molecule has 0 atom stereocenters. The molecule has 0 saturated carbocycles. The molecule has 6 nitrogen and oxygen atoms in total. The zero-order chi connectivity index (χ0) is 19.3. The Bertz CT molecular complexity index is 877. The van der Waals surface area contributed by atoms with Gasteiger partial charge in [-0.1, -0.05) is 25.4 Å². The Balaban J connectivity index is 2.39. The van der Waals surface area contributed by atoms with Crippen molar-refractivity contribution in [1.29, 1.82) is 0 Å². The van der Waals surface area contributed by atoms with Gasteiger partial charge in [0.1, 0.15) is 16.4 Å². The van der Waals surface area contributed by atoms with E-state index in [0.717, 1.165) is 0 Å². The van der Waals surface area contributed by atoms with Crippen LogP contribution in [0.1, 0.15) is 24.2 Å². The molecule has 0 fully saturated rings. The normalized spacial score (nSPS) is 11.4. The van der Waals surface area contributed by atoms with Gasteiger partial charge in [-0.15, -0.1) is 0 Å². The molecule has 0 aromatic heterocycles. The lowest BCUT2D eigenvalue weighted by molar-refractivity contribution is 0.0734. The van der Waals surface area contributed by atoms with Crippen molar-refractivity contribution in [3.8, 4) is 11.5 Å². The Hall–Kier alpha value is -2.09. The van der Waals surface area contributed by atoms with Crippen LogP contribution >= 0.6 is 11.6 Å². The maximum Gasteiger partial charge on any atom is 0.343 e. The number of esters is 1. The van der Waals surface area contributed by atoms with Gasteiger partial charge in [-0.05, 0) is 42.5 Å². The monoisotopic (exact) mass is 397 g/mol. The van der Waals surface area contributed by atoms with Gasteiger partial charge in [0.05, 0.1) is 12.7 Å². The highest BCUT2D eigenvalue weighted by Gasteiger charge is 2.27. The zero-order valence-electron chi connectivity index (χ0n) is 14.7. The Morgan fingerprint density at radius 3 is 2.23 bits per heavy atom. The fourth-order valence-corrected chi connectivity index (χ4v) is 4.14. The standard InChI is InChI=1S/C18H20ClNO5S/c1-4-20(5-2)26(22,23)17-12-13(6-11-16(17)24-3)18(21)25-15-9-7-14(19)8-10-15/h6-12H,4-5H2,1-3H3. The van der Waals surface area contributed by atoms with Crippen molar-refractivity contribution < 1.29 is 22.7 Å². The highest BCUT2D eigenvalue weighted by Crippen LogP contribution is 2.28. The number of sulfonamides is 1. The Kier molecular flexibility index (Phi) is 6.63. The van der Waals surface area contributed by atoms with Crippen LogP contribution in [-0.2, 0) is 10.0 Å². The number of carbonyl (C=O) groups excluding carboxylic acids is 1. The van der Waals surface area contributed by atoms with Crippen LogP contribution in [0.15, 0.2) is 47.4 Å². The van der Waals surface area contributed by atoms with E-state index in [2.05, 4.69) is 0 Å². The highest BCUT2D eigenvalue weighted by molar-refractivity contribution is 7.89. The number of hydrogen-bond donors (Lipinski definition) is 0. The molecule has 2 rings (SSSR count). The van der Waals surface area contributed by atoms with Gasteiger partial charge in [-0.25, -0.2) is 13.2 Å².